The van der Waals surface area contributed by atoms with Crippen LogP contribution in [0.4, 0.5) is 0 Å². The Morgan fingerprint density at radius 1 is 1.20 bits per heavy atom. The van der Waals surface area contributed by atoms with E-state index in [1.54, 1.807) is 0 Å². The van der Waals surface area contributed by atoms with Crippen LogP contribution >= 0.6 is 0 Å². The Hall–Kier alpha value is -1.22. The second kappa shape index (κ2) is 6.98. The summed E-state index contributed by atoms with van der Waals surface area (Å²) in [6.07, 6.45) is 2.64. The van der Waals surface area contributed by atoms with Gasteiger partial charge >= 0.3 is 0 Å². The monoisotopic (exact) mass is 277 g/mol. The molecule has 0 aromatic heterocycles. The SMILES string of the molecule is CCOc1cccc(OC2C(C)CC(C)CC2NC)c1. The van der Waals surface area contributed by atoms with Crippen LogP contribution in [-0.2, 0) is 0 Å². The highest BCUT2D eigenvalue weighted by molar-refractivity contribution is 5.33. The minimum absolute atomic E-state index is 0.230. The maximum atomic E-state index is 6.26. The van der Waals surface area contributed by atoms with Gasteiger partial charge in [0.1, 0.15) is 17.6 Å². The summed E-state index contributed by atoms with van der Waals surface area (Å²) in [5.74, 6) is 3.11. The number of likely N-dealkylation sites (N-methyl/N-ethyl adjacent to an activating group) is 1. The lowest BCUT2D eigenvalue weighted by atomic mass is 9.78. The van der Waals surface area contributed by atoms with Crippen LogP contribution in [0.2, 0.25) is 0 Å². The highest BCUT2D eigenvalue weighted by atomic mass is 16.5. The van der Waals surface area contributed by atoms with Gasteiger partial charge in [0.05, 0.1) is 6.61 Å². The van der Waals surface area contributed by atoms with Crippen molar-refractivity contribution < 1.29 is 9.47 Å². The second-order valence-corrected chi connectivity index (χ2v) is 5.94. The van der Waals surface area contributed by atoms with Gasteiger partial charge < -0.3 is 14.8 Å². The van der Waals surface area contributed by atoms with E-state index in [4.69, 9.17) is 9.47 Å². The van der Waals surface area contributed by atoms with Crippen LogP contribution in [-0.4, -0.2) is 25.8 Å². The Morgan fingerprint density at radius 3 is 2.65 bits per heavy atom. The first-order valence-electron chi connectivity index (χ1n) is 7.70. The molecule has 0 spiro atoms. The van der Waals surface area contributed by atoms with Crippen LogP contribution < -0.4 is 14.8 Å². The van der Waals surface area contributed by atoms with Crippen molar-refractivity contribution in [2.24, 2.45) is 11.8 Å². The van der Waals surface area contributed by atoms with Gasteiger partial charge in [0, 0.05) is 12.1 Å². The molecule has 1 aliphatic rings. The smallest absolute Gasteiger partial charge is 0.123 e. The van der Waals surface area contributed by atoms with Gasteiger partial charge in [-0.05, 0) is 50.8 Å². The second-order valence-electron chi connectivity index (χ2n) is 5.94. The zero-order valence-corrected chi connectivity index (χ0v) is 13.1. The summed E-state index contributed by atoms with van der Waals surface area (Å²) in [5, 5.41) is 3.42. The molecule has 1 N–H and O–H groups in total. The van der Waals surface area contributed by atoms with Crippen molar-refractivity contribution in [2.75, 3.05) is 13.7 Å². The van der Waals surface area contributed by atoms with Gasteiger partial charge in [-0.15, -0.1) is 0 Å². The molecule has 0 heterocycles. The van der Waals surface area contributed by atoms with Crippen molar-refractivity contribution in [3.05, 3.63) is 24.3 Å². The zero-order valence-electron chi connectivity index (χ0n) is 13.1. The maximum Gasteiger partial charge on any atom is 0.123 e. The molecule has 1 aromatic rings. The summed E-state index contributed by atoms with van der Waals surface area (Å²) in [5.41, 5.74) is 0. The Bertz CT molecular complexity index is 421. The molecule has 20 heavy (non-hydrogen) atoms. The van der Waals surface area contributed by atoms with E-state index in [9.17, 15) is 0 Å². The molecule has 0 bridgehead atoms. The van der Waals surface area contributed by atoms with Gasteiger partial charge in [0.15, 0.2) is 0 Å². The molecule has 4 atom stereocenters. The lowest BCUT2D eigenvalue weighted by molar-refractivity contribution is 0.0505. The van der Waals surface area contributed by atoms with Crippen LogP contribution in [0.3, 0.4) is 0 Å². The summed E-state index contributed by atoms with van der Waals surface area (Å²) in [4.78, 5) is 0. The number of ether oxygens (including phenoxy) is 2. The molecule has 0 aliphatic heterocycles. The molecular formula is C17H27NO2. The predicted octanol–water partition coefficient (Wildman–Crippen LogP) is 3.49. The van der Waals surface area contributed by atoms with Crippen molar-refractivity contribution in [1.29, 1.82) is 0 Å². The van der Waals surface area contributed by atoms with E-state index in [2.05, 4.69) is 19.2 Å². The third kappa shape index (κ3) is 3.66. The average molecular weight is 277 g/mol. The quantitative estimate of drug-likeness (QED) is 0.893. The highest BCUT2D eigenvalue weighted by Crippen LogP contribution is 2.32. The van der Waals surface area contributed by atoms with Gasteiger partial charge in [-0.25, -0.2) is 0 Å². The minimum atomic E-state index is 0.230. The molecule has 0 saturated heterocycles. The minimum Gasteiger partial charge on any atom is -0.494 e. The molecule has 3 heteroatoms. The molecule has 1 aromatic carbocycles. The van der Waals surface area contributed by atoms with E-state index in [0.717, 1.165) is 17.4 Å². The van der Waals surface area contributed by atoms with E-state index in [-0.39, 0.29) is 6.10 Å². The molecule has 0 amide bonds. The maximum absolute atomic E-state index is 6.26. The molecule has 1 aliphatic carbocycles. The Balaban J connectivity index is 2.08. The Kier molecular flexibility index (Phi) is 5.30. The predicted molar refractivity (Wildman–Crippen MR) is 82.4 cm³/mol. The first-order valence-corrected chi connectivity index (χ1v) is 7.70. The van der Waals surface area contributed by atoms with E-state index in [1.165, 1.54) is 12.8 Å². The molecule has 1 fully saturated rings. The molecule has 3 nitrogen and oxygen atoms in total. The summed E-state index contributed by atoms with van der Waals surface area (Å²) < 4.78 is 11.8. The van der Waals surface area contributed by atoms with Crippen molar-refractivity contribution in [3.8, 4) is 11.5 Å². The first kappa shape index (κ1) is 15.2. The van der Waals surface area contributed by atoms with E-state index in [0.29, 0.717) is 18.6 Å². The van der Waals surface area contributed by atoms with E-state index >= 15 is 0 Å². The lowest BCUT2D eigenvalue weighted by Gasteiger charge is -2.39. The van der Waals surface area contributed by atoms with E-state index in [1.807, 2.05) is 38.2 Å². The van der Waals surface area contributed by atoms with Crippen LogP contribution in [0.25, 0.3) is 0 Å². The molecule has 0 radical (unpaired) electrons. The fourth-order valence-corrected chi connectivity index (χ4v) is 3.27. The van der Waals surface area contributed by atoms with Crippen molar-refractivity contribution in [1.82, 2.24) is 5.32 Å². The van der Waals surface area contributed by atoms with Gasteiger partial charge in [0.2, 0.25) is 0 Å². The number of hydrogen-bond donors (Lipinski definition) is 1. The van der Waals surface area contributed by atoms with Crippen molar-refractivity contribution in [3.63, 3.8) is 0 Å². The fraction of sp³-hybridized carbons (Fsp3) is 0.647. The third-order valence-electron chi connectivity index (χ3n) is 4.15. The first-order chi connectivity index (χ1) is 9.63. The number of benzene rings is 1. The third-order valence-corrected chi connectivity index (χ3v) is 4.15. The molecular weight excluding hydrogens is 250 g/mol. The normalized spacial score (nSPS) is 30.0. The number of nitrogens with one attached hydrogen (secondary N) is 1. The van der Waals surface area contributed by atoms with Crippen molar-refractivity contribution >= 4 is 0 Å². The van der Waals surface area contributed by atoms with Gasteiger partial charge in [-0.1, -0.05) is 19.9 Å². The largest absolute Gasteiger partial charge is 0.494 e. The molecule has 112 valence electrons. The summed E-state index contributed by atoms with van der Waals surface area (Å²) in [6.45, 7) is 7.29. The van der Waals surface area contributed by atoms with Crippen molar-refractivity contribution in [2.45, 2.75) is 45.8 Å². The highest BCUT2D eigenvalue weighted by Gasteiger charge is 2.34. The molecule has 2 rings (SSSR count). The lowest BCUT2D eigenvalue weighted by Crippen LogP contribution is -2.49. The van der Waals surface area contributed by atoms with E-state index < -0.39 is 0 Å². The van der Waals surface area contributed by atoms with Gasteiger partial charge in [0.25, 0.3) is 0 Å². The van der Waals surface area contributed by atoms with Gasteiger partial charge in [-0.3, -0.25) is 0 Å². The van der Waals surface area contributed by atoms with Crippen LogP contribution in [0.5, 0.6) is 11.5 Å². The van der Waals surface area contributed by atoms with Crippen LogP contribution in [0, 0.1) is 11.8 Å². The number of hydrogen-bond acceptors (Lipinski definition) is 3. The average Bonchev–Trinajstić information content (AvgIpc) is 2.42. The summed E-state index contributed by atoms with van der Waals surface area (Å²) in [6, 6.07) is 8.38. The summed E-state index contributed by atoms with van der Waals surface area (Å²) >= 11 is 0. The Morgan fingerprint density at radius 2 is 1.95 bits per heavy atom. The zero-order chi connectivity index (χ0) is 14.5. The van der Waals surface area contributed by atoms with Gasteiger partial charge in [-0.2, -0.15) is 0 Å². The Labute approximate surface area is 122 Å². The molecule has 1 saturated carbocycles. The standard InChI is InChI=1S/C17H27NO2/c1-5-19-14-7-6-8-15(11-14)20-17-13(3)9-12(2)10-16(17)18-4/h6-8,11-13,16-18H,5,9-10H2,1-4H3. The van der Waals surface area contributed by atoms with Crippen LogP contribution in [0.1, 0.15) is 33.6 Å². The summed E-state index contributed by atoms with van der Waals surface area (Å²) in [7, 11) is 2.03. The molecule has 4 unspecified atom stereocenters. The number of rotatable bonds is 5. The fourth-order valence-electron chi connectivity index (χ4n) is 3.27. The van der Waals surface area contributed by atoms with Crippen LogP contribution in [0.15, 0.2) is 24.3 Å². The topological polar surface area (TPSA) is 30.5 Å².